The number of carbonyl (C=O) groups excluding carboxylic acids is 1. The lowest BCUT2D eigenvalue weighted by Crippen LogP contribution is -2.29. The zero-order chi connectivity index (χ0) is 15.5. The molecule has 2 heterocycles. The molecule has 0 spiro atoms. The van der Waals surface area contributed by atoms with Crippen molar-refractivity contribution in [3.8, 4) is 0 Å². The van der Waals surface area contributed by atoms with Gasteiger partial charge in [0.1, 0.15) is 5.69 Å². The van der Waals surface area contributed by atoms with Gasteiger partial charge in [-0.3, -0.25) is 4.79 Å². The van der Waals surface area contributed by atoms with Crippen molar-refractivity contribution in [2.45, 2.75) is 20.3 Å². The van der Waals surface area contributed by atoms with Crippen LogP contribution in [0.4, 0.5) is 11.4 Å². The monoisotopic (exact) mass is 295 g/mol. The molecule has 0 fully saturated rings. The molecule has 4 heteroatoms. The average molecular weight is 295 g/mol. The maximum Gasteiger partial charge on any atom is 0.276 e. The van der Waals surface area contributed by atoms with Gasteiger partial charge in [-0.15, -0.1) is 0 Å². The zero-order valence-corrected chi connectivity index (χ0v) is 13.1. The summed E-state index contributed by atoms with van der Waals surface area (Å²) in [4.78, 5) is 21.1. The third kappa shape index (κ3) is 2.56. The Morgan fingerprint density at radius 2 is 1.95 bits per heavy atom. The summed E-state index contributed by atoms with van der Waals surface area (Å²) in [6, 6.07) is 11.9. The Morgan fingerprint density at radius 1 is 1.18 bits per heavy atom. The Labute approximate surface area is 131 Å². The van der Waals surface area contributed by atoms with E-state index in [4.69, 9.17) is 0 Å². The van der Waals surface area contributed by atoms with Crippen LogP contribution in [0.2, 0.25) is 0 Å². The van der Waals surface area contributed by atoms with Crippen LogP contribution in [0.5, 0.6) is 0 Å². The number of aromatic nitrogens is 1. The van der Waals surface area contributed by atoms with Crippen LogP contribution < -0.4 is 9.80 Å². The average Bonchev–Trinajstić information content (AvgIpc) is 3.00. The molecule has 2 aromatic rings. The Balaban J connectivity index is 1.82. The number of anilines is 2. The van der Waals surface area contributed by atoms with Gasteiger partial charge < -0.3 is 9.80 Å². The number of nitrogens with zero attached hydrogens (tertiary/aromatic N) is 3. The molecule has 1 aliphatic heterocycles. The molecule has 0 saturated heterocycles. The highest BCUT2D eigenvalue weighted by Gasteiger charge is 2.25. The van der Waals surface area contributed by atoms with E-state index in [0.29, 0.717) is 5.69 Å². The fourth-order valence-corrected chi connectivity index (χ4v) is 2.98. The number of fused-ring (bicyclic) bond motifs is 1. The van der Waals surface area contributed by atoms with Gasteiger partial charge in [0.05, 0.1) is 11.9 Å². The van der Waals surface area contributed by atoms with Gasteiger partial charge in [0, 0.05) is 25.3 Å². The van der Waals surface area contributed by atoms with E-state index in [2.05, 4.69) is 29.8 Å². The van der Waals surface area contributed by atoms with E-state index in [1.165, 1.54) is 5.56 Å². The van der Waals surface area contributed by atoms with E-state index < -0.39 is 0 Å². The van der Waals surface area contributed by atoms with Crippen molar-refractivity contribution in [3.05, 3.63) is 53.9 Å². The summed E-state index contributed by atoms with van der Waals surface area (Å²) in [7, 11) is 0. The minimum absolute atomic E-state index is 0.0175. The molecule has 0 unspecified atom stereocenters. The number of benzene rings is 1. The van der Waals surface area contributed by atoms with E-state index in [1.807, 2.05) is 35.2 Å². The van der Waals surface area contributed by atoms with Crippen LogP contribution in [0.1, 0.15) is 29.9 Å². The van der Waals surface area contributed by atoms with E-state index in [9.17, 15) is 4.79 Å². The SMILES string of the molecule is CCN(CC)c1ccc(C(=O)N2CCc3ccccc32)nc1. The quantitative estimate of drug-likeness (QED) is 0.869. The van der Waals surface area contributed by atoms with Crippen molar-refractivity contribution in [2.75, 3.05) is 29.4 Å². The molecule has 1 aliphatic rings. The summed E-state index contributed by atoms with van der Waals surface area (Å²) < 4.78 is 0. The second-order valence-corrected chi connectivity index (χ2v) is 5.41. The second-order valence-electron chi connectivity index (χ2n) is 5.41. The zero-order valence-electron chi connectivity index (χ0n) is 13.1. The number of rotatable bonds is 4. The summed E-state index contributed by atoms with van der Waals surface area (Å²) in [5.74, 6) is -0.0175. The Bertz CT molecular complexity index is 662. The molecule has 3 rings (SSSR count). The molecule has 4 nitrogen and oxygen atoms in total. The van der Waals surface area contributed by atoms with Crippen LogP contribution in [0.25, 0.3) is 0 Å². The molecule has 1 aromatic carbocycles. The second kappa shape index (κ2) is 6.18. The van der Waals surface area contributed by atoms with Crippen molar-refractivity contribution in [2.24, 2.45) is 0 Å². The first-order chi connectivity index (χ1) is 10.7. The van der Waals surface area contributed by atoms with Gasteiger partial charge >= 0.3 is 0 Å². The summed E-state index contributed by atoms with van der Waals surface area (Å²) in [5.41, 5.74) is 3.81. The summed E-state index contributed by atoms with van der Waals surface area (Å²) >= 11 is 0. The normalized spacial score (nSPS) is 13.1. The molecular formula is C18H21N3O. The number of hydrogen-bond acceptors (Lipinski definition) is 3. The Morgan fingerprint density at radius 3 is 2.64 bits per heavy atom. The van der Waals surface area contributed by atoms with Gasteiger partial charge in [-0.2, -0.15) is 0 Å². The van der Waals surface area contributed by atoms with E-state index in [1.54, 1.807) is 6.20 Å². The van der Waals surface area contributed by atoms with Crippen molar-refractivity contribution in [1.82, 2.24) is 4.98 Å². The lowest BCUT2D eigenvalue weighted by atomic mass is 10.2. The largest absolute Gasteiger partial charge is 0.371 e. The Hall–Kier alpha value is -2.36. The van der Waals surface area contributed by atoms with Crippen LogP contribution in [0.15, 0.2) is 42.6 Å². The summed E-state index contributed by atoms with van der Waals surface area (Å²) in [6.45, 7) is 6.83. The fraction of sp³-hybridized carbons (Fsp3) is 0.333. The molecule has 0 saturated carbocycles. The molecule has 0 atom stereocenters. The van der Waals surface area contributed by atoms with Crippen LogP contribution >= 0.6 is 0 Å². The first kappa shape index (κ1) is 14.6. The lowest BCUT2D eigenvalue weighted by molar-refractivity contribution is 0.0984. The van der Waals surface area contributed by atoms with Crippen molar-refractivity contribution < 1.29 is 4.79 Å². The van der Waals surface area contributed by atoms with Crippen LogP contribution in [0, 0.1) is 0 Å². The van der Waals surface area contributed by atoms with E-state index in [-0.39, 0.29) is 5.91 Å². The van der Waals surface area contributed by atoms with E-state index >= 15 is 0 Å². The fourth-order valence-electron chi connectivity index (χ4n) is 2.98. The number of hydrogen-bond donors (Lipinski definition) is 0. The highest BCUT2D eigenvalue weighted by Crippen LogP contribution is 2.28. The third-order valence-corrected chi connectivity index (χ3v) is 4.23. The third-order valence-electron chi connectivity index (χ3n) is 4.23. The first-order valence-corrected chi connectivity index (χ1v) is 7.85. The molecular weight excluding hydrogens is 274 g/mol. The predicted molar refractivity (Wildman–Crippen MR) is 89.6 cm³/mol. The highest BCUT2D eigenvalue weighted by molar-refractivity contribution is 6.06. The summed E-state index contributed by atoms with van der Waals surface area (Å²) in [5, 5.41) is 0. The van der Waals surface area contributed by atoms with Gasteiger partial charge in [0.25, 0.3) is 5.91 Å². The highest BCUT2D eigenvalue weighted by atomic mass is 16.2. The van der Waals surface area contributed by atoms with Gasteiger partial charge in [-0.05, 0) is 44.0 Å². The molecule has 1 aromatic heterocycles. The molecule has 22 heavy (non-hydrogen) atoms. The van der Waals surface area contributed by atoms with Crippen molar-refractivity contribution in [3.63, 3.8) is 0 Å². The number of pyridine rings is 1. The van der Waals surface area contributed by atoms with Gasteiger partial charge in [0.2, 0.25) is 0 Å². The number of amides is 1. The molecule has 114 valence electrons. The van der Waals surface area contributed by atoms with E-state index in [0.717, 1.165) is 37.4 Å². The minimum atomic E-state index is -0.0175. The van der Waals surface area contributed by atoms with Crippen molar-refractivity contribution in [1.29, 1.82) is 0 Å². The molecule has 0 aliphatic carbocycles. The van der Waals surface area contributed by atoms with Crippen molar-refractivity contribution >= 4 is 17.3 Å². The van der Waals surface area contributed by atoms with Crippen LogP contribution in [-0.4, -0.2) is 30.5 Å². The van der Waals surface area contributed by atoms with Gasteiger partial charge in [-0.25, -0.2) is 4.98 Å². The summed E-state index contributed by atoms with van der Waals surface area (Å²) in [6.07, 6.45) is 2.71. The predicted octanol–water partition coefficient (Wildman–Crippen LogP) is 3.13. The molecule has 1 amide bonds. The standard InChI is InChI=1S/C18H21N3O/c1-3-20(4-2)15-9-10-16(19-13-15)18(22)21-12-11-14-7-5-6-8-17(14)21/h5-10,13H,3-4,11-12H2,1-2H3. The maximum absolute atomic E-state index is 12.7. The number of para-hydroxylation sites is 1. The topological polar surface area (TPSA) is 36.4 Å². The smallest absolute Gasteiger partial charge is 0.276 e. The van der Waals surface area contributed by atoms with Crippen LogP contribution in [-0.2, 0) is 6.42 Å². The van der Waals surface area contributed by atoms with Crippen LogP contribution in [0.3, 0.4) is 0 Å². The lowest BCUT2D eigenvalue weighted by Gasteiger charge is -2.21. The number of carbonyl (C=O) groups is 1. The van der Waals surface area contributed by atoms with Gasteiger partial charge in [-0.1, -0.05) is 18.2 Å². The Kier molecular flexibility index (Phi) is 4.09. The molecule has 0 bridgehead atoms. The molecule has 0 N–H and O–H groups in total. The first-order valence-electron chi connectivity index (χ1n) is 7.85. The molecule has 0 radical (unpaired) electrons. The minimum Gasteiger partial charge on any atom is -0.371 e. The van der Waals surface area contributed by atoms with Gasteiger partial charge in [0.15, 0.2) is 0 Å². The maximum atomic E-state index is 12.7.